The minimum absolute atomic E-state index is 0.286. The number of rotatable bonds is 4. The van der Waals surface area contributed by atoms with Gasteiger partial charge >= 0.3 is 0 Å². The van der Waals surface area contributed by atoms with E-state index in [0.29, 0.717) is 0 Å². The van der Waals surface area contributed by atoms with E-state index in [-0.39, 0.29) is 6.04 Å². The monoisotopic (exact) mass is 312 g/mol. The Morgan fingerprint density at radius 1 is 1.27 bits per heavy atom. The van der Waals surface area contributed by atoms with Gasteiger partial charge in [0.1, 0.15) is 16.3 Å². The van der Waals surface area contributed by atoms with Crippen LogP contribution in [0.3, 0.4) is 0 Å². The Labute approximate surface area is 132 Å². The summed E-state index contributed by atoms with van der Waals surface area (Å²) in [7, 11) is 0. The van der Waals surface area contributed by atoms with Gasteiger partial charge in [0.15, 0.2) is 5.82 Å². The van der Waals surface area contributed by atoms with Gasteiger partial charge in [0.25, 0.3) is 0 Å². The first-order valence-electron chi connectivity index (χ1n) is 7.37. The zero-order chi connectivity index (χ0) is 14.8. The highest BCUT2D eigenvalue weighted by Gasteiger charge is 2.29. The summed E-state index contributed by atoms with van der Waals surface area (Å²) < 4.78 is 0. The Morgan fingerprint density at radius 3 is 3.00 bits per heavy atom. The molecule has 1 aromatic carbocycles. The van der Waals surface area contributed by atoms with Crippen LogP contribution in [0.1, 0.15) is 29.7 Å². The summed E-state index contributed by atoms with van der Waals surface area (Å²) in [4.78, 5) is 7.10. The van der Waals surface area contributed by atoms with Gasteiger partial charge < -0.3 is 0 Å². The number of benzene rings is 1. The minimum Gasteiger partial charge on any atom is -0.287 e. The first-order chi connectivity index (χ1) is 10.9. The Balaban J connectivity index is 1.55. The first-order valence-corrected chi connectivity index (χ1v) is 8.25. The number of nitrogens with one attached hydrogen (secondary N) is 1. The van der Waals surface area contributed by atoms with Crippen LogP contribution < -0.4 is 0 Å². The lowest BCUT2D eigenvalue weighted by atomic mass is 10.2. The van der Waals surface area contributed by atoms with Crippen LogP contribution in [0.4, 0.5) is 0 Å². The van der Waals surface area contributed by atoms with E-state index in [2.05, 4.69) is 25.3 Å². The van der Waals surface area contributed by atoms with Crippen LogP contribution in [0, 0.1) is 0 Å². The molecule has 0 saturated carbocycles. The van der Waals surface area contributed by atoms with Gasteiger partial charge in [-0.2, -0.15) is 5.10 Å². The van der Waals surface area contributed by atoms with Crippen molar-refractivity contribution < 1.29 is 0 Å². The molecule has 4 rings (SSSR count). The molecule has 0 radical (unpaired) electrons. The van der Waals surface area contributed by atoms with Crippen molar-refractivity contribution in [1.82, 2.24) is 30.3 Å². The lowest BCUT2D eigenvalue weighted by Gasteiger charge is -2.20. The highest BCUT2D eigenvalue weighted by molar-refractivity contribution is 7.09. The molecule has 0 aliphatic carbocycles. The minimum atomic E-state index is 0.286. The predicted molar refractivity (Wildman–Crippen MR) is 84.1 cm³/mol. The standard InChI is InChI=1S/C15H16N6S/c1-2-5-11(6-3-1)14-17-15(20-19-14)12-7-4-8-21(12)9-13-18-16-10-22-13/h1-3,5-6,10,12H,4,7-9H2,(H,17,19,20). The molecule has 1 N–H and O–H groups in total. The van der Waals surface area contributed by atoms with Crippen LogP contribution in [-0.2, 0) is 6.54 Å². The average Bonchev–Trinajstić information content (AvgIpc) is 3.30. The molecule has 2 aromatic heterocycles. The summed E-state index contributed by atoms with van der Waals surface area (Å²) in [6.45, 7) is 1.89. The van der Waals surface area contributed by atoms with Crippen LogP contribution >= 0.6 is 11.3 Å². The van der Waals surface area contributed by atoms with Gasteiger partial charge in [-0.05, 0) is 19.4 Å². The molecular formula is C15H16N6S. The van der Waals surface area contributed by atoms with E-state index in [4.69, 9.17) is 4.98 Å². The SMILES string of the molecule is c1ccc(-c2n[nH]c(C3CCCN3Cc3nncs3)n2)cc1. The summed E-state index contributed by atoms with van der Waals surface area (Å²) in [5.74, 6) is 1.71. The molecule has 1 aliphatic heterocycles. The van der Waals surface area contributed by atoms with Crippen LogP contribution in [0.25, 0.3) is 11.4 Å². The lowest BCUT2D eigenvalue weighted by molar-refractivity contribution is 0.239. The molecule has 1 atom stereocenters. The van der Waals surface area contributed by atoms with Crippen molar-refractivity contribution in [3.8, 4) is 11.4 Å². The maximum Gasteiger partial charge on any atom is 0.181 e. The van der Waals surface area contributed by atoms with Gasteiger partial charge in [-0.15, -0.1) is 21.5 Å². The quantitative estimate of drug-likeness (QED) is 0.802. The average molecular weight is 312 g/mol. The summed E-state index contributed by atoms with van der Waals surface area (Å²) in [5.41, 5.74) is 2.82. The summed E-state index contributed by atoms with van der Waals surface area (Å²) in [5, 5.41) is 16.6. The molecule has 6 nitrogen and oxygen atoms in total. The maximum atomic E-state index is 4.70. The molecular weight excluding hydrogens is 296 g/mol. The fourth-order valence-electron chi connectivity index (χ4n) is 2.90. The van der Waals surface area contributed by atoms with Crippen molar-refractivity contribution in [3.05, 3.63) is 46.7 Å². The maximum absolute atomic E-state index is 4.70. The number of nitrogens with zero attached hydrogens (tertiary/aromatic N) is 5. The molecule has 112 valence electrons. The second-order valence-electron chi connectivity index (χ2n) is 5.37. The number of likely N-dealkylation sites (tertiary alicyclic amines) is 1. The predicted octanol–water partition coefficient (Wildman–Crippen LogP) is 2.66. The summed E-state index contributed by atoms with van der Waals surface area (Å²) >= 11 is 1.60. The van der Waals surface area contributed by atoms with Gasteiger partial charge in [0.2, 0.25) is 0 Å². The Morgan fingerprint density at radius 2 is 2.18 bits per heavy atom. The van der Waals surface area contributed by atoms with E-state index < -0.39 is 0 Å². The van der Waals surface area contributed by atoms with Crippen molar-refractivity contribution in [3.63, 3.8) is 0 Å². The van der Waals surface area contributed by atoms with Gasteiger partial charge in [0.05, 0.1) is 12.6 Å². The van der Waals surface area contributed by atoms with Gasteiger partial charge in [-0.25, -0.2) is 4.98 Å². The van der Waals surface area contributed by atoms with Crippen LogP contribution in [0.2, 0.25) is 0 Å². The zero-order valence-electron chi connectivity index (χ0n) is 12.0. The summed E-state index contributed by atoms with van der Waals surface area (Å²) in [6, 6.07) is 10.3. The lowest BCUT2D eigenvalue weighted by Crippen LogP contribution is -2.23. The second-order valence-corrected chi connectivity index (χ2v) is 6.29. The zero-order valence-corrected chi connectivity index (χ0v) is 12.8. The van der Waals surface area contributed by atoms with E-state index in [0.717, 1.165) is 41.7 Å². The smallest absolute Gasteiger partial charge is 0.181 e. The Kier molecular flexibility index (Phi) is 3.65. The molecule has 0 amide bonds. The third-order valence-electron chi connectivity index (χ3n) is 3.96. The van der Waals surface area contributed by atoms with Gasteiger partial charge in [-0.1, -0.05) is 30.3 Å². The molecule has 3 aromatic rings. The van der Waals surface area contributed by atoms with Crippen LogP contribution in [-0.4, -0.2) is 36.8 Å². The van der Waals surface area contributed by atoms with Gasteiger partial charge in [0, 0.05) is 5.56 Å². The number of aromatic nitrogens is 5. The molecule has 1 unspecified atom stereocenters. The van der Waals surface area contributed by atoms with E-state index in [1.54, 1.807) is 16.8 Å². The number of hydrogen-bond acceptors (Lipinski definition) is 6. The summed E-state index contributed by atoms with van der Waals surface area (Å²) in [6.07, 6.45) is 2.27. The molecule has 0 spiro atoms. The molecule has 1 saturated heterocycles. The third kappa shape index (κ3) is 2.65. The molecule has 3 heterocycles. The van der Waals surface area contributed by atoms with Gasteiger partial charge in [-0.3, -0.25) is 10.00 Å². The topological polar surface area (TPSA) is 70.6 Å². The fraction of sp³-hybridized carbons (Fsp3) is 0.333. The highest BCUT2D eigenvalue weighted by Crippen LogP contribution is 2.32. The van der Waals surface area contributed by atoms with E-state index in [1.165, 1.54) is 6.42 Å². The fourth-order valence-corrected chi connectivity index (χ4v) is 3.45. The molecule has 7 heteroatoms. The van der Waals surface area contributed by atoms with Crippen molar-refractivity contribution in [2.45, 2.75) is 25.4 Å². The Bertz CT molecular complexity index is 724. The van der Waals surface area contributed by atoms with Crippen molar-refractivity contribution in [2.75, 3.05) is 6.54 Å². The van der Waals surface area contributed by atoms with E-state index in [1.807, 2.05) is 30.3 Å². The van der Waals surface area contributed by atoms with Crippen molar-refractivity contribution in [1.29, 1.82) is 0 Å². The van der Waals surface area contributed by atoms with Crippen molar-refractivity contribution in [2.24, 2.45) is 0 Å². The van der Waals surface area contributed by atoms with Crippen LogP contribution in [0.15, 0.2) is 35.8 Å². The Hall–Kier alpha value is -2.12. The normalized spacial score (nSPS) is 18.8. The molecule has 1 aliphatic rings. The molecule has 22 heavy (non-hydrogen) atoms. The molecule has 1 fully saturated rings. The number of H-pyrrole nitrogens is 1. The second kappa shape index (κ2) is 5.94. The molecule has 0 bridgehead atoms. The third-order valence-corrected chi connectivity index (χ3v) is 4.64. The largest absolute Gasteiger partial charge is 0.287 e. The number of hydrogen-bond donors (Lipinski definition) is 1. The van der Waals surface area contributed by atoms with Crippen molar-refractivity contribution >= 4 is 11.3 Å². The van der Waals surface area contributed by atoms with E-state index in [9.17, 15) is 0 Å². The first kappa shape index (κ1) is 13.5. The highest BCUT2D eigenvalue weighted by atomic mass is 32.1. The number of aromatic amines is 1. The van der Waals surface area contributed by atoms with Crippen LogP contribution in [0.5, 0.6) is 0 Å². The van der Waals surface area contributed by atoms with E-state index >= 15 is 0 Å².